The minimum Gasteiger partial charge on any atom is -0.0662 e. The molecule has 0 atom stereocenters. The summed E-state index contributed by atoms with van der Waals surface area (Å²) in [6.45, 7) is 0. The first-order valence-electron chi connectivity index (χ1n) is 0.507. The number of nitrogens with zero attached hydrogens (tertiary/aromatic N) is 1. The molecule has 0 aromatic heterocycles. The van der Waals surface area contributed by atoms with Gasteiger partial charge >= 0.3 is 0 Å². The van der Waals surface area contributed by atoms with Gasteiger partial charge in [0.25, 0.3) is 0 Å². The minimum absolute atomic E-state index is 0. The van der Waals surface area contributed by atoms with Crippen LogP contribution in [0.1, 0.15) is 0 Å². The molecular weight excluding hydrogens is 81.8 g/mol. The molecule has 0 N–H and O–H groups in total. The van der Waals surface area contributed by atoms with E-state index in [0.29, 0.717) is 0 Å². The second-order valence-electron chi connectivity index (χ2n) is 0.192. The van der Waals surface area contributed by atoms with Gasteiger partial charge in [0.2, 0.25) is 0 Å². The molecule has 0 aromatic rings. The van der Waals surface area contributed by atoms with E-state index in [2.05, 4.69) is 0 Å². The zero-order chi connectivity index (χ0) is 3.58. The third kappa shape index (κ3) is 367. The van der Waals surface area contributed by atoms with Crippen molar-refractivity contribution in [2.45, 2.75) is 0 Å². The highest BCUT2D eigenvalue weighted by molar-refractivity contribution is 5.75. The van der Waals surface area contributed by atoms with Gasteiger partial charge in [0.05, 0.1) is 8.41 Å². The maximum Gasteiger partial charge on any atom is 0.199 e. The van der Waals surface area contributed by atoms with Crippen molar-refractivity contribution in [3.8, 4) is 0 Å². The van der Waals surface area contributed by atoms with Crippen LogP contribution in [0.3, 0.4) is 0 Å². The average molecular weight is 84.8 g/mol. The van der Waals surface area contributed by atoms with Gasteiger partial charge in [-0.05, 0) is 0 Å². The number of halogens is 3. The fourth-order valence-corrected chi connectivity index (χ4v) is 0. The zero-order valence-electron chi connectivity index (χ0n) is 1.58. The minimum atomic E-state index is -2.50. The van der Waals surface area contributed by atoms with Gasteiger partial charge in [-0.25, -0.2) is 0 Å². The molecule has 0 heterocycles. The Hall–Kier alpha value is -0.185. The van der Waals surface area contributed by atoms with E-state index in [-0.39, 0.29) is 8.41 Å². The van der Waals surface area contributed by atoms with Crippen LogP contribution < -0.4 is 0 Å². The molecule has 5 heteroatoms. The van der Waals surface area contributed by atoms with Crippen LogP contribution in [-0.4, -0.2) is 14.0 Å². The molecule has 0 aliphatic carbocycles. The first-order valence-corrected chi connectivity index (χ1v) is 0.507. The van der Waals surface area contributed by atoms with Crippen molar-refractivity contribution in [2.75, 3.05) is 0 Å². The number of rotatable bonds is 0. The van der Waals surface area contributed by atoms with Crippen molar-refractivity contribution in [1.29, 1.82) is 0 Å². The second-order valence-corrected chi connectivity index (χ2v) is 0.192. The molecule has 0 aliphatic heterocycles. The maximum absolute atomic E-state index is 9.50. The largest absolute Gasteiger partial charge is 0.199 e. The van der Waals surface area contributed by atoms with E-state index in [0.717, 1.165) is 0 Å². The summed E-state index contributed by atoms with van der Waals surface area (Å²) in [5, 5.41) is 0. The van der Waals surface area contributed by atoms with Crippen LogP contribution >= 0.6 is 0 Å². The first kappa shape index (κ1) is 8.84. The molecule has 0 saturated heterocycles. The van der Waals surface area contributed by atoms with Crippen LogP contribution in [0.15, 0.2) is 0 Å². The Morgan fingerprint density at radius 3 is 1.00 bits per heavy atom. The Balaban J connectivity index is 0. The van der Waals surface area contributed by atoms with Crippen LogP contribution in [0, 0.1) is 0 Å². The lowest BCUT2D eigenvalue weighted by Gasteiger charge is -1.67. The van der Waals surface area contributed by atoms with E-state index in [1.165, 1.54) is 0 Å². The summed E-state index contributed by atoms with van der Waals surface area (Å²) >= 11 is 0. The van der Waals surface area contributed by atoms with Crippen LogP contribution in [0.2, 0.25) is 0 Å². The third-order valence-corrected chi connectivity index (χ3v) is 0. The molecule has 0 aliphatic rings. The highest BCUT2D eigenvalue weighted by atomic mass is 19.5. The molecule has 0 saturated carbocycles. The van der Waals surface area contributed by atoms with Gasteiger partial charge in [-0.15, -0.1) is 0 Å². The Kier molecular flexibility index (Phi) is 6.75. The van der Waals surface area contributed by atoms with Gasteiger partial charge in [0, 0.05) is 0 Å². The van der Waals surface area contributed by atoms with Crippen molar-refractivity contribution in [1.82, 2.24) is 5.57 Å². The van der Waals surface area contributed by atoms with Gasteiger partial charge in [-0.3, -0.25) is 0 Å². The molecule has 0 unspecified atom stereocenters. The summed E-state index contributed by atoms with van der Waals surface area (Å²) < 4.78 is 28.5. The topological polar surface area (TPSA) is 3.24 Å². The molecule has 0 rings (SSSR count). The van der Waals surface area contributed by atoms with Gasteiger partial charge in [0.1, 0.15) is 0 Å². The molecule has 0 fully saturated rings. The van der Waals surface area contributed by atoms with E-state index in [1.54, 1.807) is 0 Å². The lowest BCUT2D eigenvalue weighted by atomic mass is 10.8. The van der Waals surface area contributed by atoms with Crippen molar-refractivity contribution < 1.29 is 13.4 Å². The summed E-state index contributed by atoms with van der Waals surface area (Å²) in [5.74, 6) is 0. The highest BCUT2D eigenvalue weighted by Gasteiger charge is 1.80. The van der Waals surface area contributed by atoms with Gasteiger partial charge < -0.3 is 0 Å². The summed E-state index contributed by atoms with van der Waals surface area (Å²) in [4.78, 5) is 0. The van der Waals surface area contributed by atoms with E-state index in [9.17, 15) is 13.4 Å². The lowest BCUT2D eigenvalue weighted by Crippen LogP contribution is -1.72. The number of hydrogen-bond acceptors (Lipinski definition) is 1. The molecule has 5 heavy (non-hydrogen) atoms. The van der Waals surface area contributed by atoms with E-state index >= 15 is 0 Å². The Morgan fingerprint density at radius 2 is 1.00 bits per heavy atom. The van der Waals surface area contributed by atoms with Crippen LogP contribution in [0.5, 0.6) is 0 Å². The highest BCUT2D eigenvalue weighted by Crippen LogP contribution is 1.82. The van der Waals surface area contributed by atoms with Gasteiger partial charge in [-0.1, -0.05) is 13.4 Å². The Bertz CT molecular complexity index is 11.6. The Morgan fingerprint density at radius 1 is 1.00 bits per heavy atom. The number of hydrogen-bond donors (Lipinski definition) is 0. The summed E-state index contributed by atoms with van der Waals surface area (Å²) in [7, 11) is 0. The van der Waals surface area contributed by atoms with Crippen LogP contribution in [0.25, 0.3) is 0 Å². The van der Waals surface area contributed by atoms with E-state index < -0.39 is 5.57 Å². The maximum atomic E-state index is 9.50. The first-order chi connectivity index (χ1) is 1.73. The van der Waals surface area contributed by atoms with Crippen LogP contribution in [-0.2, 0) is 0 Å². The fraction of sp³-hybridized carbons (Fsp3) is 0. The standard InChI is InChI=1S/BH3.F3N/c;1-4(2)3/h1H3;. The lowest BCUT2D eigenvalue weighted by molar-refractivity contribution is -0.295. The van der Waals surface area contributed by atoms with Gasteiger partial charge in [0.15, 0.2) is 5.57 Å². The monoisotopic (exact) mass is 85.0 g/mol. The quantitative estimate of drug-likeness (QED) is 0.289. The second kappa shape index (κ2) is 3.81. The van der Waals surface area contributed by atoms with E-state index in [4.69, 9.17) is 0 Å². The Labute approximate surface area is 28.8 Å². The molecular formula is H3BF3N. The predicted octanol–water partition coefficient (Wildman–Crippen LogP) is -0.242. The molecule has 0 radical (unpaired) electrons. The van der Waals surface area contributed by atoms with Crippen molar-refractivity contribution in [2.24, 2.45) is 0 Å². The summed E-state index contributed by atoms with van der Waals surface area (Å²) in [6.07, 6.45) is 0. The van der Waals surface area contributed by atoms with Crippen LogP contribution in [0.4, 0.5) is 13.4 Å². The molecule has 0 amide bonds. The summed E-state index contributed by atoms with van der Waals surface area (Å²) in [5.41, 5.74) is -2.50. The summed E-state index contributed by atoms with van der Waals surface area (Å²) in [6, 6.07) is 0. The normalized spacial score (nSPS) is 7.20. The average Bonchev–Trinajstić information content (AvgIpc) is 0.811. The van der Waals surface area contributed by atoms with E-state index in [1.807, 2.05) is 0 Å². The predicted molar refractivity (Wildman–Crippen MR) is 15.1 cm³/mol. The molecule has 0 bridgehead atoms. The smallest absolute Gasteiger partial charge is 0.0662 e. The fourth-order valence-electron chi connectivity index (χ4n) is 0. The zero-order valence-corrected chi connectivity index (χ0v) is 1.58. The molecule has 1 nitrogen and oxygen atoms in total. The third-order valence-electron chi connectivity index (χ3n) is 0. The molecule has 32 valence electrons. The van der Waals surface area contributed by atoms with Crippen molar-refractivity contribution >= 4 is 8.41 Å². The SMILES string of the molecule is B.FN(F)F. The van der Waals surface area contributed by atoms with Crippen molar-refractivity contribution in [3.05, 3.63) is 0 Å². The molecule has 0 aromatic carbocycles. The molecule has 0 spiro atoms. The van der Waals surface area contributed by atoms with Crippen molar-refractivity contribution in [3.63, 3.8) is 0 Å². The van der Waals surface area contributed by atoms with Gasteiger partial charge in [-0.2, -0.15) is 0 Å².